The normalized spacial score (nSPS) is 11.8. The Kier molecular flexibility index (Phi) is 12.6. The number of ether oxygens (including phenoxy) is 2. The first-order valence-electron chi connectivity index (χ1n) is 15.8. The molecular formula is C37H37Cl2FN6O4S. The van der Waals surface area contributed by atoms with Gasteiger partial charge >= 0.3 is 0 Å². The van der Waals surface area contributed by atoms with Crippen LogP contribution in [0.2, 0.25) is 10.0 Å². The van der Waals surface area contributed by atoms with Crippen LogP contribution in [0.1, 0.15) is 20.8 Å². The molecule has 51 heavy (non-hydrogen) atoms. The fourth-order valence-electron chi connectivity index (χ4n) is 5.18. The molecule has 3 aromatic carbocycles. The van der Waals surface area contributed by atoms with Gasteiger partial charge in [-0.25, -0.2) is 24.0 Å². The number of nitrogens with one attached hydrogen (secondary N) is 1. The van der Waals surface area contributed by atoms with Gasteiger partial charge in [0.15, 0.2) is 12.3 Å². The van der Waals surface area contributed by atoms with Crippen molar-refractivity contribution in [3.63, 3.8) is 0 Å². The number of carbonyl (C=O) groups excluding carboxylic acids is 1. The van der Waals surface area contributed by atoms with Gasteiger partial charge in [0.25, 0.3) is 5.91 Å². The van der Waals surface area contributed by atoms with Crippen LogP contribution in [-0.2, 0) is 13.7 Å². The lowest BCUT2D eigenvalue weighted by Gasteiger charge is -2.50. The van der Waals surface area contributed by atoms with Crippen molar-refractivity contribution in [1.29, 1.82) is 0 Å². The molecule has 3 heterocycles. The van der Waals surface area contributed by atoms with Gasteiger partial charge in [0.2, 0.25) is 5.88 Å². The fourth-order valence-corrected chi connectivity index (χ4v) is 9.45. The number of para-hydroxylation sites is 1. The number of rotatable bonds is 11. The third kappa shape index (κ3) is 8.84. The van der Waals surface area contributed by atoms with Gasteiger partial charge in [-0.2, -0.15) is 5.10 Å². The molecule has 0 saturated carbocycles. The molecule has 1 amide bonds. The molecule has 10 nitrogen and oxygen atoms in total. The number of benzene rings is 3. The van der Waals surface area contributed by atoms with Gasteiger partial charge in [-0.05, 0) is 69.3 Å². The SMILES string of the molecule is COCCOS(c1ccccc1)(c1ccccc1)C(C)(C)C.O=C(COc1ncnc2c1cnn2-c1c(Cl)cccc1Cl)Nc1ccc(F)cn1. The van der Waals surface area contributed by atoms with Gasteiger partial charge in [-0.15, -0.1) is 0 Å². The van der Waals surface area contributed by atoms with Crippen LogP contribution in [0.5, 0.6) is 5.88 Å². The summed E-state index contributed by atoms with van der Waals surface area (Å²) in [6.07, 6.45) is 3.77. The number of methoxy groups -OCH3 is 1. The second-order valence-corrected chi connectivity index (χ2v) is 16.2. The molecule has 14 heteroatoms. The highest BCUT2D eigenvalue weighted by atomic mass is 35.5. The Hall–Kier alpha value is -4.59. The molecular weight excluding hydrogens is 714 g/mol. The van der Waals surface area contributed by atoms with Crippen LogP contribution in [0.4, 0.5) is 10.2 Å². The van der Waals surface area contributed by atoms with E-state index < -0.39 is 22.0 Å². The predicted octanol–water partition coefficient (Wildman–Crippen LogP) is 8.96. The fraction of sp³-hybridized carbons (Fsp3) is 0.216. The standard InChI is InChI=1S/C19H26O2S.C18H11Cl2FN6O2/c1-19(2,3)22(21-16-15-20-4,17-11-7-5-8-12-17)18-13-9-6-10-14-18;19-12-2-1-3-13(20)16(12)27-17-11(7-25-27)18(24-9-23-17)29-8-15(28)26-14-5-4-10(21)6-22-14/h5-14H,15-16H2,1-4H3;1-7,9H,8H2,(H,22,26,28). The van der Waals surface area contributed by atoms with Crippen molar-refractivity contribution in [2.75, 3.05) is 32.2 Å². The van der Waals surface area contributed by atoms with E-state index in [0.717, 1.165) is 6.20 Å². The number of nitrogens with zero attached hydrogens (tertiary/aromatic N) is 5. The maximum Gasteiger partial charge on any atom is 0.263 e. The second kappa shape index (κ2) is 17.1. The average Bonchev–Trinajstić information content (AvgIpc) is 3.55. The summed E-state index contributed by atoms with van der Waals surface area (Å²) >= 11 is 12.5. The average molecular weight is 752 g/mol. The van der Waals surface area contributed by atoms with Crippen molar-refractivity contribution in [2.24, 2.45) is 0 Å². The van der Waals surface area contributed by atoms with Crippen LogP contribution in [0, 0.1) is 5.82 Å². The van der Waals surface area contributed by atoms with Crippen molar-refractivity contribution in [1.82, 2.24) is 24.7 Å². The van der Waals surface area contributed by atoms with E-state index in [4.69, 9.17) is 36.9 Å². The smallest absolute Gasteiger partial charge is 0.263 e. The van der Waals surface area contributed by atoms with Crippen molar-refractivity contribution in [2.45, 2.75) is 35.3 Å². The summed E-state index contributed by atoms with van der Waals surface area (Å²) in [6.45, 7) is 7.62. The highest BCUT2D eigenvalue weighted by molar-refractivity contribution is 8.31. The van der Waals surface area contributed by atoms with Crippen LogP contribution >= 0.6 is 33.5 Å². The van der Waals surface area contributed by atoms with Crippen LogP contribution in [0.25, 0.3) is 16.7 Å². The van der Waals surface area contributed by atoms with Crippen LogP contribution in [0.3, 0.4) is 0 Å². The molecule has 0 unspecified atom stereocenters. The van der Waals surface area contributed by atoms with Gasteiger partial charge in [0.05, 0.1) is 35.7 Å². The lowest BCUT2D eigenvalue weighted by molar-refractivity contribution is -0.118. The number of hydrogen-bond donors (Lipinski definition) is 1. The van der Waals surface area contributed by atoms with Gasteiger partial charge in [0.1, 0.15) is 29.0 Å². The Bertz CT molecular complexity index is 1990. The summed E-state index contributed by atoms with van der Waals surface area (Å²) in [4.78, 5) is 26.6. The van der Waals surface area contributed by atoms with Crippen molar-refractivity contribution >= 4 is 56.3 Å². The molecule has 6 aromatic rings. The predicted molar refractivity (Wildman–Crippen MR) is 200 cm³/mol. The molecule has 6 rings (SSSR count). The minimum Gasteiger partial charge on any atom is -0.467 e. The minimum atomic E-state index is -1.62. The molecule has 0 aliphatic heterocycles. The summed E-state index contributed by atoms with van der Waals surface area (Å²) in [5.41, 5.74) is 0.876. The van der Waals surface area contributed by atoms with E-state index in [0.29, 0.717) is 40.0 Å². The first-order valence-corrected chi connectivity index (χ1v) is 18.1. The summed E-state index contributed by atoms with van der Waals surface area (Å²) in [7, 11) is 0.0885. The number of anilines is 1. The first kappa shape index (κ1) is 37.7. The van der Waals surface area contributed by atoms with Crippen LogP contribution < -0.4 is 10.1 Å². The third-order valence-electron chi connectivity index (χ3n) is 7.37. The van der Waals surface area contributed by atoms with Crippen LogP contribution in [-0.4, -0.2) is 62.3 Å². The van der Waals surface area contributed by atoms with E-state index in [-0.39, 0.29) is 23.1 Å². The Balaban J connectivity index is 0.000000206. The van der Waals surface area contributed by atoms with Crippen molar-refractivity contribution in [3.05, 3.63) is 126 Å². The second-order valence-electron chi connectivity index (χ2n) is 11.9. The maximum absolute atomic E-state index is 12.9. The van der Waals surface area contributed by atoms with Crippen molar-refractivity contribution < 1.29 is 22.8 Å². The molecule has 0 radical (unpaired) electrons. The summed E-state index contributed by atoms with van der Waals surface area (Å²) in [6, 6.07) is 28.8. The Morgan fingerprint density at radius 1 is 0.843 bits per heavy atom. The Morgan fingerprint density at radius 2 is 1.49 bits per heavy atom. The highest BCUT2D eigenvalue weighted by Crippen LogP contribution is 2.71. The van der Waals surface area contributed by atoms with Crippen LogP contribution in [0.15, 0.2) is 120 Å². The molecule has 0 bridgehead atoms. The van der Waals surface area contributed by atoms with Gasteiger partial charge in [0, 0.05) is 21.6 Å². The summed E-state index contributed by atoms with van der Waals surface area (Å²) in [5.74, 6) is -0.628. The maximum atomic E-state index is 12.9. The zero-order valence-electron chi connectivity index (χ0n) is 28.4. The number of pyridine rings is 1. The molecule has 266 valence electrons. The largest absolute Gasteiger partial charge is 0.467 e. The molecule has 0 saturated heterocycles. The molecule has 0 spiro atoms. The third-order valence-corrected chi connectivity index (χ3v) is 12.1. The number of carbonyl (C=O) groups is 1. The van der Waals surface area contributed by atoms with Gasteiger partial charge in [-0.1, -0.05) is 76.0 Å². The molecule has 0 atom stereocenters. The van der Waals surface area contributed by atoms with Gasteiger partial charge in [-0.3, -0.25) is 4.79 Å². The molecule has 0 aliphatic carbocycles. The Labute approximate surface area is 307 Å². The lowest BCUT2D eigenvalue weighted by atomic mass is 10.3. The zero-order valence-corrected chi connectivity index (χ0v) is 30.8. The molecule has 3 aromatic heterocycles. The van der Waals surface area contributed by atoms with E-state index in [1.165, 1.54) is 39.1 Å². The summed E-state index contributed by atoms with van der Waals surface area (Å²) < 4.78 is 31.6. The lowest BCUT2D eigenvalue weighted by Crippen LogP contribution is -2.28. The highest BCUT2D eigenvalue weighted by Gasteiger charge is 2.41. The number of halogens is 3. The van der Waals surface area contributed by atoms with Crippen molar-refractivity contribution in [3.8, 4) is 11.6 Å². The minimum absolute atomic E-state index is 0.0244. The van der Waals surface area contributed by atoms with E-state index in [1.54, 1.807) is 25.3 Å². The zero-order chi connectivity index (χ0) is 36.4. The summed E-state index contributed by atoms with van der Waals surface area (Å²) in [5, 5.41) is 8.03. The number of aromatic nitrogens is 5. The topological polar surface area (TPSA) is 113 Å². The molecule has 1 N–H and O–H groups in total. The first-order chi connectivity index (χ1) is 24.5. The van der Waals surface area contributed by atoms with E-state index in [1.807, 2.05) is 0 Å². The van der Waals surface area contributed by atoms with Gasteiger partial charge < -0.3 is 19.0 Å². The number of amides is 1. The van der Waals surface area contributed by atoms with E-state index in [9.17, 15) is 9.18 Å². The number of fused-ring (bicyclic) bond motifs is 1. The van der Waals surface area contributed by atoms with E-state index in [2.05, 4.69) is 107 Å². The molecule has 0 fully saturated rings. The number of hydrogen-bond acceptors (Lipinski definition) is 8. The Morgan fingerprint density at radius 3 is 2.06 bits per heavy atom. The molecule has 0 aliphatic rings. The quantitative estimate of drug-likeness (QED) is 0.131. The van der Waals surface area contributed by atoms with E-state index >= 15 is 0 Å². The monoisotopic (exact) mass is 750 g/mol.